The molecule has 0 aliphatic carbocycles. The van der Waals surface area contributed by atoms with Crippen LogP contribution in [0.1, 0.15) is 5.01 Å². The highest BCUT2D eigenvalue weighted by Gasteiger charge is 2.16. The standard InChI is InChI=1S/C21H20N2O5S2/c1-11-22-19-17(30-11)9-14(13-5-6-29-21(13)19)28-10-18(24)23-12-7-15(25-2)20(27-4)16(8-12)26-3/h5-9H,10H2,1-4H3,(H,23,24). The van der Waals surface area contributed by atoms with Gasteiger partial charge in [-0.1, -0.05) is 0 Å². The van der Waals surface area contributed by atoms with Gasteiger partial charge in [0.2, 0.25) is 5.75 Å². The Morgan fingerprint density at radius 1 is 1.07 bits per heavy atom. The molecule has 0 saturated carbocycles. The van der Waals surface area contributed by atoms with Crippen LogP contribution in [0.15, 0.2) is 29.6 Å². The highest BCUT2D eigenvalue weighted by Crippen LogP contribution is 2.40. The number of carbonyl (C=O) groups is 1. The van der Waals surface area contributed by atoms with Gasteiger partial charge in [0.1, 0.15) is 5.75 Å². The zero-order valence-corrected chi connectivity index (χ0v) is 18.5. The molecule has 0 fully saturated rings. The number of thiophene rings is 1. The summed E-state index contributed by atoms with van der Waals surface area (Å²) in [6.45, 7) is 1.85. The first-order valence-electron chi connectivity index (χ1n) is 9.04. The van der Waals surface area contributed by atoms with Crippen LogP contribution in [0.4, 0.5) is 5.69 Å². The van der Waals surface area contributed by atoms with Gasteiger partial charge < -0.3 is 24.3 Å². The van der Waals surface area contributed by atoms with E-state index in [0.29, 0.717) is 28.7 Å². The molecule has 30 heavy (non-hydrogen) atoms. The van der Waals surface area contributed by atoms with Crippen LogP contribution in [-0.4, -0.2) is 38.8 Å². The van der Waals surface area contributed by atoms with E-state index in [9.17, 15) is 4.79 Å². The molecule has 0 aliphatic heterocycles. The molecule has 156 valence electrons. The summed E-state index contributed by atoms with van der Waals surface area (Å²) in [5.74, 6) is 1.75. The third-order valence-electron chi connectivity index (χ3n) is 4.48. The first-order valence-corrected chi connectivity index (χ1v) is 10.7. The van der Waals surface area contributed by atoms with Gasteiger partial charge in [-0.2, -0.15) is 0 Å². The molecule has 0 bridgehead atoms. The number of hydrogen-bond acceptors (Lipinski definition) is 8. The molecular weight excluding hydrogens is 424 g/mol. The normalized spacial score (nSPS) is 10.9. The fraction of sp³-hybridized carbons (Fsp3) is 0.238. The maximum absolute atomic E-state index is 12.5. The predicted molar refractivity (Wildman–Crippen MR) is 120 cm³/mol. The zero-order valence-electron chi connectivity index (χ0n) is 16.9. The number of hydrogen-bond donors (Lipinski definition) is 1. The molecule has 9 heteroatoms. The Hall–Kier alpha value is -3.04. The van der Waals surface area contributed by atoms with Crippen molar-refractivity contribution >= 4 is 54.6 Å². The molecule has 0 saturated heterocycles. The molecule has 4 rings (SSSR count). The van der Waals surface area contributed by atoms with E-state index in [1.54, 1.807) is 34.8 Å². The van der Waals surface area contributed by atoms with Crippen molar-refractivity contribution in [2.45, 2.75) is 6.92 Å². The molecule has 4 aromatic rings. The molecular formula is C21H20N2O5S2. The zero-order chi connectivity index (χ0) is 21.3. The summed E-state index contributed by atoms with van der Waals surface area (Å²) >= 11 is 3.23. The van der Waals surface area contributed by atoms with Gasteiger partial charge in [0.15, 0.2) is 18.1 Å². The third-order valence-corrected chi connectivity index (χ3v) is 6.31. The fourth-order valence-corrected chi connectivity index (χ4v) is 5.03. The van der Waals surface area contributed by atoms with Crippen LogP contribution < -0.4 is 24.3 Å². The van der Waals surface area contributed by atoms with Gasteiger partial charge >= 0.3 is 0 Å². The van der Waals surface area contributed by atoms with Gasteiger partial charge in [-0.25, -0.2) is 4.98 Å². The van der Waals surface area contributed by atoms with Crippen molar-refractivity contribution in [1.29, 1.82) is 0 Å². The molecule has 0 spiro atoms. The van der Waals surface area contributed by atoms with E-state index in [1.165, 1.54) is 21.3 Å². The van der Waals surface area contributed by atoms with E-state index >= 15 is 0 Å². The second kappa shape index (κ2) is 8.37. The minimum absolute atomic E-state index is 0.134. The summed E-state index contributed by atoms with van der Waals surface area (Å²) in [6.07, 6.45) is 0. The van der Waals surface area contributed by atoms with Gasteiger partial charge in [0.05, 0.1) is 41.3 Å². The lowest BCUT2D eigenvalue weighted by Crippen LogP contribution is -2.20. The van der Waals surface area contributed by atoms with Crippen molar-refractivity contribution in [3.8, 4) is 23.0 Å². The van der Waals surface area contributed by atoms with Crippen molar-refractivity contribution in [3.05, 3.63) is 34.7 Å². The van der Waals surface area contributed by atoms with E-state index in [0.717, 1.165) is 25.3 Å². The number of thiazole rings is 1. The lowest BCUT2D eigenvalue weighted by Gasteiger charge is -2.15. The van der Waals surface area contributed by atoms with Crippen LogP contribution in [0.2, 0.25) is 0 Å². The second-order valence-corrected chi connectivity index (χ2v) is 8.52. The molecule has 2 aromatic heterocycles. The van der Waals surface area contributed by atoms with Gasteiger partial charge in [-0.15, -0.1) is 22.7 Å². The first-order chi connectivity index (χ1) is 14.5. The molecule has 0 unspecified atom stereocenters. The number of benzene rings is 2. The Morgan fingerprint density at radius 3 is 2.47 bits per heavy atom. The van der Waals surface area contributed by atoms with E-state index in [-0.39, 0.29) is 12.5 Å². The Labute approximate surface area is 181 Å². The van der Waals surface area contributed by atoms with Crippen molar-refractivity contribution in [2.75, 3.05) is 33.3 Å². The Bertz CT molecular complexity index is 1210. The number of amides is 1. The molecule has 0 aliphatic rings. The maximum atomic E-state index is 12.5. The highest BCUT2D eigenvalue weighted by molar-refractivity contribution is 7.21. The molecule has 1 N–H and O–H groups in total. The smallest absolute Gasteiger partial charge is 0.262 e. The maximum Gasteiger partial charge on any atom is 0.262 e. The quantitative estimate of drug-likeness (QED) is 0.438. The number of carbonyl (C=O) groups excluding carboxylic acids is 1. The van der Waals surface area contributed by atoms with Crippen molar-refractivity contribution in [2.24, 2.45) is 0 Å². The van der Waals surface area contributed by atoms with Crippen LogP contribution in [0, 0.1) is 6.92 Å². The Morgan fingerprint density at radius 2 is 1.80 bits per heavy atom. The lowest BCUT2D eigenvalue weighted by molar-refractivity contribution is -0.118. The van der Waals surface area contributed by atoms with Crippen molar-refractivity contribution in [3.63, 3.8) is 0 Å². The number of ether oxygens (including phenoxy) is 4. The summed E-state index contributed by atoms with van der Waals surface area (Å²) < 4.78 is 23.9. The molecule has 0 radical (unpaired) electrons. The number of aryl methyl sites for hydroxylation is 1. The topological polar surface area (TPSA) is 78.9 Å². The fourth-order valence-electron chi connectivity index (χ4n) is 3.20. The Kier molecular flexibility index (Phi) is 5.65. The molecule has 7 nitrogen and oxygen atoms in total. The molecule has 2 heterocycles. The van der Waals surface area contributed by atoms with Gasteiger partial charge in [-0.3, -0.25) is 4.79 Å². The van der Waals surface area contributed by atoms with Crippen LogP contribution >= 0.6 is 22.7 Å². The van der Waals surface area contributed by atoms with E-state index < -0.39 is 0 Å². The van der Waals surface area contributed by atoms with E-state index in [4.69, 9.17) is 18.9 Å². The third kappa shape index (κ3) is 3.73. The number of rotatable bonds is 7. The minimum atomic E-state index is -0.298. The summed E-state index contributed by atoms with van der Waals surface area (Å²) in [4.78, 5) is 17.1. The minimum Gasteiger partial charge on any atom is -0.493 e. The van der Waals surface area contributed by atoms with Crippen LogP contribution in [0.3, 0.4) is 0 Å². The van der Waals surface area contributed by atoms with Crippen LogP contribution in [0.25, 0.3) is 20.3 Å². The highest BCUT2D eigenvalue weighted by atomic mass is 32.1. The van der Waals surface area contributed by atoms with Gasteiger partial charge in [-0.05, 0) is 18.4 Å². The second-order valence-electron chi connectivity index (χ2n) is 6.37. The van der Waals surface area contributed by atoms with Gasteiger partial charge in [0.25, 0.3) is 5.91 Å². The van der Waals surface area contributed by atoms with E-state index in [2.05, 4.69) is 10.3 Å². The van der Waals surface area contributed by atoms with Crippen LogP contribution in [0.5, 0.6) is 23.0 Å². The number of fused-ring (bicyclic) bond motifs is 3. The number of nitrogens with one attached hydrogen (secondary N) is 1. The molecule has 2 aromatic carbocycles. The average Bonchev–Trinajstić information content (AvgIpc) is 3.37. The SMILES string of the molecule is COc1cc(NC(=O)COc2cc3sc(C)nc3c3sccc23)cc(OC)c1OC. The predicted octanol–water partition coefficient (Wildman–Crippen LogP) is 4.86. The molecule has 0 atom stereocenters. The number of nitrogens with zero attached hydrogens (tertiary/aromatic N) is 1. The summed E-state index contributed by atoms with van der Waals surface area (Å²) in [7, 11) is 4.57. The largest absolute Gasteiger partial charge is 0.493 e. The van der Waals surface area contributed by atoms with Gasteiger partial charge in [0, 0.05) is 29.3 Å². The lowest BCUT2D eigenvalue weighted by atomic mass is 10.2. The molecule has 1 amide bonds. The van der Waals surface area contributed by atoms with Crippen LogP contribution in [-0.2, 0) is 4.79 Å². The summed E-state index contributed by atoms with van der Waals surface area (Å²) in [5, 5.41) is 6.77. The first kappa shape index (κ1) is 20.2. The van der Waals surface area contributed by atoms with Crippen molar-refractivity contribution < 1.29 is 23.7 Å². The monoisotopic (exact) mass is 444 g/mol. The average molecular weight is 445 g/mol. The van der Waals surface area contributed by atoms with Crippen molar-refractivity contribution in [1.82, 2.24) is 4.98 Å². The van der Waals surface area contributed by atoms with E-state index in [1.807, 2.05) is 24.4 Å². The summed E-state index contributed by atoms with van der Waals surface area (Å²) in [6, 6.07) is 7.27. The Balaban J connectivity index is 1.53. The number of anilines is 1. The number of aromatic nitrogens is 1. The number of methoxy groups -OCH3 is 3. The summed E-state index contributed by atoms with van der Waals surface area (Å²) in [5.41, 5.74) is 1.50.